The van der Waals surface area contributed by atoms with E-state index in [-0.39, 0.29) is 19.3 Å². The Hall–Kier alpha value is -1.89. The molecule has 0 aliphatic heterocycles. The van der Waals surface area contributed by atoms with Gasteiger partial charge in [-0.1, -0.05) is 109 Å². The summed E-state index contributed by atoms with van der Waals surface area (Å²) < 4.78 is 0.642. The van der Waals surface area contributed by atoms with Crippen molar-refractivity contribution < 1.29 is 34.2 Å². The van der Waals surface area contributed by atoms with Crippen molar-refractivity contribution in [2.24, 2.45) is 0 Å². The zero-order chi connectivity index (χ0) is 31.9. The molecule has 43 heavy (non-hydrogen) atoms. The number of nitrogens with zero attached hydrogens (tertiary/aromatic N) is 1. The summed E-state index contributed by atoms with van der Waals surface area (Å²) in [4.78, 5) is 33.3. The van der Waals surface area contributed by atoms with Crippen LogP contribution in [0, 0.1) is 0 Å². The third-order valence-corrected chi connectivity index (χ3v) is 8.71. The second kappa shape index (κ2) is 30.1. The third kappa shape index (κ3) is 29.9. The van der Waals surface area contributed by atoms with E-state index in [9.17, 15) is 14.4 Å². The predicted molar refractivity (Wildman–Crippen MR) is 177 cm³/mol. The topological polar surface area (TPSA) is 112 Å². The summed E-state index contributed by atoms with van der Waals surface area (Å²) in [6, 6.07) is 0. The number of carboxylic acid groups (broad SMARTS) is 3. The Bertz CT molecular complexity index is 658. The van der Waals surface area contributed by atoms with Crippen LogP contribution in [0.1, 0.15) is 174 Å². The van der Waals surface area contributed by atoms with Crippen LogP contribution in [0.5, 0.6) is 0 Å². The van der Waals surface area contributed by atoms with E-state index in [2.05, 4.69) is 19.1 Å². The minimum atomic E-state index is -0.823. The van der Waals surface area contributed by atoms with Gasteiger partial charge in [0.25, 0.3) is 0 Å². The number of hydrogen-bond donors (Lipinski definition) is 3. The van der Waals surface area contributed by atoms with E-state index in [0.29, 0.717) is 43.4 Å². The molecular weight excluding hydrogens is 542 g/mol. The molecule has 0 heterocycles. The molecular formula is C36H68NO6+. The van der Waals surface area contributed by atoms with Crippen LogP contribution in [0.25, 0.3) is 0 Å². The third-order valence-electron chi connectivity index (χ3n) is 8.71. The minimum absolute atomic E-state index is 0.0918. The van der Waals surface area contributed by atoms with Gasteiger partial charge in [-0.25, -0.2) is 0 Å². The Morgan fingerprint density at radius 3 is 1.02 bits per heavy atom. The fraction of sp³-hybridized carbons (Fsp3) is 0.861. The van der Waals surface area contributed by atoms with Crippen LogP contribution in [0.3, 0.4) is 0 Å². The first-order chi connectivity index (χ1) is 20.8. The van der Waals surface area contributed by atoms with Crippen molar-refractivity contribution in [2.45, 2.75) is 174 Å². The molecule has 3 N–H and O–H groups in total. The van der Waals surface area contributed by atoms with Gasteiger partial charge in [-0.15, -0.1) is 0 Å². The predicted octanol–water partition coefficient (Wildman–Crippen LogP) is 9.78. The number of carboxylic acids is 3. The van der Waals surface area contributed by atoms with Crippen LogP contribution in [0.4, 0.5) is 0 Å². The molecule has 0 aromatic heterocycles. The summed E-state index contributed by atoms with van der Waals surface area (Å²) >= 11 is 0. The first-order valence-electron chi connectivity index (χ1n) is 18.0. The standard InChI is InChI=1S/C36H67NO6/c1-2-3-4-5-6-7-8-9-10-11-12-13-14-15-16-17-18-19-20-21-22-23-30-37(31-24-27-34(38)39,32-25-28-35(40)41)33-26-29-36(42)43/h9-10H,2-8,11-33H2,1H3,(H2-,38,39,40,41,42,43)/p+1/b10-9+. The monoisotopic (exact) mass is 611 g/mol. The molecule has 252 valence electrons. The molecule has 0 radical (unpaired) electrons. The molecule has 0 unspecified atom stereocenters. The van der Waals surface area contributed by atoms with Crippen molar-refractivity contribution in [3.8, 4) is 0 Å². The highest BCUT2D eigenvalue weighted by molar-refractivity contribution is 5.67. The van der Waals surface area contributed by atoms with Gasteiger partial charge in [0.15, 0.2) is 0 Å². The average Bonchev–Trinajstić information content (AvgIpc) is 2.95. The van der Waals surface area contributed by atoms with Crippen LogP contribution < -0.4 is 0 Å². The molecule has 0 spiro atoms. The Morgan fingerprint density at radius 1 is 0.419 bits per heavy atom. The Labute approximate surface area is 264 Å². The van der Waals surface area contributed by atoms with Gasteiger partial charge >= 0.3 is 17.9 Å². The van der Waals surface area contributed by atoms with Crippen molar-refractivity contribution in [2.75, 3.05) is 26.2 Å². The maximum Gasteiger partial charge on any atom is 0.303 e. The molecule has 0 aliphatic carbocycles. The van der Waals surface area contributed by atoms with Crippen LogP contribution in [0.2, 0.25) is 0 Å². The summed E-state index contributed by atoms with van der Waals surface area (Å²) in [6.45, 7) is 5.14. The number of aliphatic carboxylic acids is 3. The SMILES string of the molecule is CCCCCCCC/C=C/CCCCCCCCCCCCCC[N+](CCCC(=O)O)(CCCC(=O)O)CCCC(=O)O. The van der Waals surface area contributed by atoms with Crippen LogP contribution >= 0.6 is 0 Å². The van der Waals surface area contributed by atoms with Crippen molar-refractivity contribution in [1.29, 1.82) is 0 Å². The number of allylic oxidation sites excluding steroid dienone is 2. The van der Waals surface area contributed by atoms with Gasteiger partial charge in [0.1, 0.15) is 0 Å². The van der Waals surface area contributed by atoms with Gasteiger partial charge in [0, 0.05) is 19.3 Å². The van der Waals surface area contributed by atoms with Gasteiger partial charge in [0.2, 0.25) is 0 Å². The number of rotatable bonds is 34. The fourth-order valence-electron chi connectivity index (χ4n) is 6.12. The molecule has 0 aliphatic rings. The smallest absolute Gasteiger partial charge is 0.303 e. The van der Waals surface area contributed by atoms with E-state index in [1.807, 2.05) is 0 Å². The van der Waals surface area contributed by atoms with Gasteiger partial charge in [-0.3, -0.25) is 14.4 Å². The zero-order valence-electron chi connectivity index (χ0n) is 27.9. The molecule has 0 fully saturated rings. The highest BCUT2D eigenvalue weighted by Gasteiger charge is 2.27. The summed E-state index contributed by atoms with van der Waals surface area (Å²) in [5.74, 6) is -2.47. The molecule has 0 atom stereocenters. The van der Waals surface area contributed by atoms with Crippen molar-refractivity contribution in [3.63, 3.8) is 0 Å². The average molecular weight is 611 g/mol. The highest BCUT2D eigenvalue weighted by atomic mass is 16.4. The quantitative estimate of drug-likeness (QED) is 0.0380. The highest BCUT2D eigenvalue weighted by Crippen LogP contribution is 2.19. The zero-order valence-corrected chi connectivity index (χ0v) is 27.9. The van der Waals surface area contributed by atoms with E-state index >= 15 is 0 Å². The lowest BCUT2D eigenvalue weighted by molar-refractivity contribution is -0.929. The second-order valence-electron chi connectivity index (χ2n) is 12.8. The Balaban J connectivity index is 4.00. The Kier molecular flexibility index (Phi) is 28.8. The van der Waals surface area contributed by atoms with E-state index < -0.39 is 17.9 Å². The van der Waals surface area contributed by atoms with E-state index in [1.165, 1.54) is 116 Å². The minimum Gasteiger partial charge on any atom is -0.481 e. The van der Waals surface area contributed by atoms with Gasteiger partial charge in [-0.2, -0.15) is 0 Å². The summed E-state index contributed by atoms with van der Waals surface area (Å²) in [5.41, 5.74) is 0. The number of quaternary nitrogens is 1. The van der Waals surface area contributed by atoms with Gasteiger partial charge in [-0.05, 0) is 38.5 Å². The molecule has 0 rings (SSSR count). The van der Waals surface area contributed by atoms with Crippen LogP contribution in [0.15, 0.2) is 12.2 Å². The van der Waals surface area contributed by atoms with E-state index in [4.69, 9.17) is 15.3 Å². The molecule has 0 aromatic rings. The number of carbonyl (C=O) groups is 3. The van der Waals surface area contributed by atoms with Gasteiger partial charge < -0.3 is 19.8 Å². The van der Waals surface area contributed by atoms with Crippen LogP contribution in [-0.2, 0) is 14.4 Å². The van der Waals surface area contributed by atoms with E-state index in [1.54, 1.807) is 0 Å². The van der Waals surface area contributed by atoms with Crippen molar-refractivity contribution >= 4 is 17.9 Å². The summed E-state index contributed by atoms with van der Waals surface area (Å²) in [7, 11) is 0. The van der Waals surface area contributed by atoms with Crippen molar-refractivity contribution in [3.05, 3.63) is 12.2 Å². The summed E-state index contributed by atoms with van der Waals surface area (Å²) in [5, 5.41) is 27.3. The van der Waals surface area contributed by atoms with Crippen molar-refractivity contribution in [1.82, 2.24) is 0 Å². The maximum absolute atomic E-state index is 11.1. The lowest BCUT2D eigenvalue weighted by atomic mass is 10.0. The Morgan fingerprint density at radius 2 is 0.698 bits per heavy atom. The summed E-state index contributed by atoms with van der Waals surface area (Å²) in [6.07, 6.45) is 32.6. The fourth-order valence-corrected chi connectivity index (χ4v) is 6.12. The molecule has 0 saturated heterocycles. The first-order valence-corrected chi connectivity index (χ1v) is 18.0. The lowest BCUT2D eigenvalue weighted by Gasteiger charge is -2.39. The number of unbranched alkanes of at least 4 members (excludes halogenated alkanes) is 18. The van der Waals surface area contributed by atoms with E-state index in [0.717, 1.165) is 19.4 Å². The number of hydrogen-bond acceptors (Lipinski definition) is 3. The molecule has 0 bridgehead atoms. The lowest BCUT2D eigenvalue weighted by Crippen LogP contribution is -2.51. The molecule has 0 amide bonds. The normalized spacial score (nSPS) is 11.8. The first kappa shape index (κ1) is 41.1. The maximum atomic E-state index is 11.1. The van der Waals surface area contributed by atoms with Crippen LogP contribution in [-0.4, -0.2) is 63.9 Å². The molecule has 0 aromatic carbocycles. The molecule has 7 heteroatoms. The second-order valence-corrected chi connectivity index (χ2v) is 12.8. The molecule has 0 saturated carbocycles. The largest absolute Gasteiger partial charge is 0.481 e. The van der Waals surface area contributed by atoms with Gasteiger partial charge in [0.05, 0.1) is 45.4 Å². The molecule has 7 nitrogen and oxygen atoms in total.